The molecule has 2 unspecified atom stereocenters. The molecular formula is C14H29NO3. The summed E-state index contributed by atoms with van der Waals surface area (Å²) >= 11 is 0. The summed E-state index contributed by atoms with van der Waals surface area (Å²) in [7, 11) is 2.06. The Hall–Kier alpha value is -0.160. The van der Waals surface area contributed by atoms with Gasteiger partial charge in [0.1, 0.15) is 0 Å². The summed E-state index contributed by atoms with van der Waals surface area (Å²) in [6.45, 7) is 6.81. The molecule has 0 aromatic heterocycles. The van der Waals surface area contributed by atoms with Gasteiger partial charge in [-0.25, -0.2) is 0 Å². The van der Waals surface area contributed by atoms with Crippen LogP contribution < -0.4 is 0 Å². The first kappa shape index (κ1) is 15.9. The van der Waals surface area contributed by atoms with Crippen molar-refractivity contribution in [2.75, 3.05) is 46.6 Å². The van der Waals surface area contributed by atoms with Crippen LogP contribution in [0.5, 0.6) is 0 Å². The normalized spacial score (nSPS) is 22.3. The number of aliphatic hydroxyl groups is 1. The Bertz CT molecular complexity index is 195. The van der Waals surface area contributed by atoms with Crippen LogP contribution in [0.1, 0.15) is 32.6 Å². The van der Waals surface area contributed by atoms with Crippen LogP contribution in [0.3, 0.4) is 0 Å². The summed E-state index contributed by atoms with van der Waals surface area (Å²) in [5.74, 6) is 0.622. The van der Waals surface area contributed by atoms with E-state index in [1.165, 1.54) is 12.8 Å². The minimum Gasteiger partial charge on any atom is -0.389 e. The summed E-state index contributed by atoms with van der Waals surface area (Å²) in [6.07, 6.45) is 4.24. The Morgan fingerprint density at radius 1 is 1.50 bits per heavy atom. The van der Waals surface area contributed by atoms with E-state index in [4.69, 9.17) is 9.47 Å². The van der Waals surface area contributed by atoms with Crippen LogP contribution in [0.25, 0.3) is 0 Å². The molecule has 18 heavy (non-hydrogen) atoms. The van der Waals surface area contributed by atoms with Crippen LogP contribution in [0.15, 0.2) is 0 Å². The average molecular weight is 259 g/mol. The van der Waals surface area contributed by atoms with Gasteiger partial charge in [0.05, 0.1) is 19.3 Å². The summed E-state index contributed by atoms with van der Waals surface area (Å²) in [4.78, 5) is 2.19. The lowest BCUT2D eigenvalue weighted by Crippen LogP contribution is -2.37. The molecule has 0 saturated carbocycles. The van der Waals surface area contributed by atoms with Crippen molar-refractivity contribution in [1.82, 2.24) is 4.90 Å². The minimum absolute atomic E-state index is 0.378. The van der Waals surface area contributed by atoms with E-state index >= 15 is 0 Å². The summed E-state index contributed by atoms with van der Waals surface area (Å²) in [5.41, 5.74) is 0. The molecule has 0 radical (unpaired) electrons. The zero-order valence-corrected chi connectivity index (χ0v) is 11.9. The third-order valence-corrected chi connectivity index (χ3v) is 3.30. The Morgan fingerprint density at radius 2 is 2.33 bits per heavy atom. The molecule has 0 amide bonds. The van der Waals surface area contributed by atoms with Crippen molar-refractivity contribution >= 4 is 0 Å². The molecule has 2 atom stereocenters. The molecule has 1 saturated heterocycles. The third kappa shape index (κ3) is 7.31. The number of hydrogen-bond acceptors (Lipinski definition) is 4. The Balaban J connectivity index is 2.04. The highest BCUT2D eigenvalue weighted by Crippen LogP contribution is 2.14. The molecule has 4 nitrogen and oxygen atoms in total. The SMILES string of the molecule is CCCCOCC(O)CN(C)CC1CCCOC1. The molecule has 1 aliphatic heterocycles. The Kier molecular flexibility index (Phi) is 8.59. The fourth-order valence-electron chi connectivity index (χ4n) is 2.34. The van der Waals surface area contributed by atoms with Crippen LogP contribution in [0.4, 0.5) is 0 Å². The first-order valence-electron chi connectivity index (χ1n) is 7.24. The molecular weight excluding hydrogens is 230 g/mol. The van der Waals surface area contributed by atoms with Gasteiger partial charge in [-0.2, -0.15) is 0 Å². The van der Waals surface area contributed by atoms with Crippen LogP contribution in [0.2, 0.25) is 0 Å². The second-order valence-electron chi connectivity index (χ2n) is 5.39. The molecule has 108 valence electrons. The summed E-state index contributed by atoms with van der Waals surface area (Å²) in [5, 5.41) is 9.85. The predicted molar refractivity (Wildman–Crippen MR) is 72.8 cm³/mol. The number of hydrogen-bond donors (Lipinski definition) is 1. The second-order valence-corrected chi connectivity index (χ2v) is 5.39. The largest absolute Gasteiger partial charge is 0.389 e. The predicted octanol–water partition coefficient (Wildman–Crippen LogP) is 1.52. The van der Waals surface area contributed by atoms with Gasteiger partial charge in [0.15, 0.2) is 0 Å². The Morgan fingerprint density at radius 3 is 3.00 bits per heavy atom. The van der Waals surface area contributed by atoms with Gasteiger partial charge in [-0.05, 0) is 32.2 Å². The highest BCUT2D eigenvalue weighted by atomic mass is 16.5. The lowest BCUT2D eigenvalue weighted by Gasteiger charge is -2.28. The number of aliphatic hydroxyl groups excluding tert-OH is 1. The first-order valence-corrected chi connectivity index (χ1v) is 7.24. The maximum atomic E-state index is 9.85. The van der Waals surface area contributed by atoms with Gasteiger partial charge in [0.25, 0.3) is 0 Å². The summed E-state index contributed by atoms with van der Waals surface area (Å²) in [6, 6.07) is 0. The molecule has 1 heterocycles. The number of nitrogens with zero attached hydrogens (tertiary/aromatic N) is 1. The van der Waals surface area contributed by atoms with Crippen LogP contribution in [-0.2, 0) is 9.47 Å². The second kappa shape index (κ2) is 9.73. The lowest BCUT2D eigenvalue weighted by atomic mass is 10.0. The molecule has 1 aliphatic rings. The molecule has 4 heteroatoms. The molecule has 0 spiro atoms. The highest BCUT2D eigenvalue weighted by molar-refractivity contribution is 4.69. The smallest absolute Gasteiger partial charge is 0.0900 e. The van der Waals surface area contributed by atoms with Crippen LogP contribution in [-0.4, -0.2) is 62.7 Å². The molecule has 0 aromatic carbocycles. The van der Waals surface area contributed by atoms with Crippen molar-refractivity contribution in [3.05, 3.63) is 0 Å². The summed E-state index contributed by atoms with van der Waals surface area (Å²) < 4.78 is 10.9. The van der Waals surface area contributed by atoms with Gasteiger partial charge in [0, 0.05) is 26.3 Å². The molecule has 0 aliphatic carbocycles. The van der Waals surface area contributed by atoms with Crippen LogP contribution >= 0.6 is 0 Å². The van der Waals surface area contributed by atoms with Crippen molar-refractivity contribution < 1.29 is 14.6 Å². The maximum Gasteiger partial charge on any atom is 0.0900 e. The Labute approximate surface area is 111 Å². The maximum absolute atomic E-state index is 9.85. The molecule has 0 bridgehead atoms. The zero-order chi connectivity index (χ0) is 13.2. The van der Waals surface area contributed by atoms with Crippen molar-refractivity contribution in [2.24, 2.45) is 5.92 Å². The van der Waals surface area contributed by atoms with E-state index in [1.54, 1.807) is 0 Å². The van der Waals surface area contributed by atoms with Gasteiger partial charge in [0.2, 0.25) is 0 Å². The topological polar surface area (TPSA) is 41.9 Å². The van der Waals surface area contributed by atoms with E-state index < -0.39 is 0 Å². The number of likely N-dealkylation sites (N-methyl/N-ethyl adjacent to an activating group) is 1. The van der Waals surface area contributed by atoms with Crippen molar-refractivity contribution in [2.45, 2.75) is 38.7 Å². The highest BCUT2D eigenvalue weighted by Gasteiger charge is 2.17. The van der Waals surface area contributed by atoms with Gasteiger partial charge in [-0.3, -0.25) is 0 Å². The van der Waals surface area contributed by atoms with E-state index in [0.29, 0.717) is 19.1 Å². The lowest BCUT2D eigenvalue weighted by molar-refractivity contribution is 0.00658. The molecule has 1 N–H and O–H groups in total. The van der Waals surface area contributed by atoms with E-state index in [-0.39, 0.29) is 6.10 Å². The van der Waals surface area contributed by atoms with Gasteiger partial charge >= 0.3 is 0 Å². The van der Waals surface area contributed by atoms with E-state index in [9.17, 15) is 5.11 Å². The monoisotopic (exact) mass is 259 g/mol. The van der Waals surface area contributed by atoms with Crippen LogP contribution in [0, 0.1) is 5.92 Å². The third-order valence-electron chi connectivity index (χ3n) is 3.30. The number of rotatable bonds is 9. The first-order chi connectivity index (χ1) is 8.72. The quantitative estimate of drug-likeness (QED) is 0.638. The average Bonchev–Trinajstić information content (AvgIpc) is 2.35. The fraction of sp³-hybridized carbons (Fsp3) is 1.00. The molecule has 1 fully saturated rings. The fourth-order valence-corrected chi connectivity index (χ4v) is 2.34. The van der Waals surface area contributed by atoms with E-state index in [0.717, 1.165) is 39.2 Å². The van der Waals surface area contributed by atoms with Gasteiger partial charge in [-0.1, -0.05) is 13.3 Å². The van der Waals surface area contributed by atoms with Crippen molar-refractivity contribution in [3.8, 4) is 0 Å². The number of unbranched alkanes of at least 4 members (excludes halogenated alkanes) is 1. The molecule has 0 aromatic rings. The van der Waals surface area contributed by atoms with Crippen molar-refractivity contribution in [1.29, 1.82) is 0 Å². The van der Waals surface area contributed by atoms with Crippen molar-refractivity contribution in [3.63, 3.8) is 0 Å². The van der Waals surface area contributed by atoms with Gasteiger partial charge in [-0.15, -0.1) is 0 Å². The number of ether oxygens (including phenoxy) is 2. The zero-order valence-electron chi connectivity index (χ0n) is 11.9. The van der Waals surface area contributed by atoms with E-state index in [1.807, 2.05) is 0 Å². The van der Waals surface area contributed by atoms with E-state index in [2.05, 4.69) is 18.9 Å². The standard InChI is InChI=1S/C14H29NO3/c1-3-4-7-18-12-14(16)10-15(2)9-13-6-5-8-17-11-13/h13-14,16H,3-12H2,1-2H3. The minimum atomic E-state index is -0.378. The molecule has 1 rings (SSSR count). The van der Waals surface area contributed by atoms with Gasteiger partial charge < -0.3 is 19.5 Å².